The van der Waals surface area contributed by atoms with Crippen molar-refractivity contribution in [2.75, 3.05) is 6.61 Å². The van der Waals surface area contributed by atoms with Crippen LogP contribution in [0, 0.1) is 0 Å². The molecular weight excluding hydrogens is 182 g/mol. The Labute approximate surface area is 80.4 Å². The third-order valence-electron chi connectivity index (χ3n) is 1.97. The summed E-state index contributed by atoms with van der Waals surface area (Å²) in [6, 6.07) is 3.26. The molecule has 6 nitrogen and oxygen atoms in total. The van der Waals surface area contributed by atoms with Crippen LogP contribution in [0.5, 0.6) is 0 Å². The zero-order valence-electron chi connectivity index (χ0n) is 7.54. The summed E-state index contributed by atoms with van der Waals surface area (Å²) in [6.07, 6.45) is 2.10. The van der Waals surface area contributed by atoms with Crippen molar-refractivity contribution in [1.29, 1.82) is 0 Å². The molecule has 0 aliphatic heterocycles. The zero-order chi connectivity index (χ0) is 9.97. The fraction of sp³-hybridized carbons (Fsp3) is 0.375. The molecule has 0 aliphatic rings. The predicted octanol–water partition coefficient (Wildman–Crippen LogP) is -0.494. The second-order valence-corrected chi connectivity index (χ2v) is 2.97. The van der Waals surface area contributed by atoms with Gasteiger partial charge in [-0.05, 0) is 18.6 Å². The monoisotopic (exact) mass is 193 g/mol. The molecule has 2 aromatic rings. The van der Waals surface area contributed by atoms with Crippen LogP contribution < -0.4 is 5.73 Å². The summed E-state index contributed by atoms with van der Waals surface area (Å²) < 4.78 is 1.58. The second-order valence-electron chi connectivity index (χ2n) is 2.97. The first kappa shape index (κ1) is 9.04. The highest BCUT2D eigenvalue weighted by molar-refractivity contribution is 5.35. The molecule has 0 amide bonds. The number of nitrogens with two attached hydrogens (primary N) is 1. The molecule has 0 radical (unpaired) electrons. The number of aliphatic hydroxyl groups is 1. The molecule has 0 bridgehead atoms. The molecule has 0 aromatic carbocycles. The Kier molecular flexibility index (Phi) is 2.38. The normalized spacial score (nSPS) is 13.3. The van der Waals surface area contributed by atoms with Crippen molar-refractivity contribution in [3.05, 3.63) is 24.2 Å². The first-order valence-electron chi connectivity index (χ1n) is 4.35. The van der Waals surface area contributed by atoms with Crippen molar-refractivity contribution in [3.63, 3.8) is 0 Å². The minimum atomic E-state index is -0.329. The Balaban J connectivity index is 2.42. The molecule has 0 aliphatic carbocycles. The molecule has 2 rings (SSSR count). The number of hydrogen-bond acceptors (Lipinski definition) is 5. The van der Waals surface area contributed by atoms with Crippen LogP contribution in [0.3, 0.4) is 0 Å². The van der Waals surface area contributed by atoms with Gasteiger partial charge in [-0.15, -0.1) is 10.2 Å². The predicted molar refractivity (Wildman–Crippen MR) is 49.4 cm³/mol. The van der Waals surface area contributed by atoms with Crippen molar-refractivity contribution in [2.24, 2.45) is 5.73 Å². The van der Waals surface area contributed by atoms with Gasteiger partial charge in [0.25, 0.3) is 0 Å². The van der Waals surface area contributed by atoms with Crippen LogP contribution >= 0.6 is 0 Å². The summed E-state index contributed by atoms with van der Waals surface area (Å²) >= 11 is 0. The summed E-state index contributed by atoms with van der Waals surface area (Å²) in [6.45, 7) is 0.0307. The summed E-state index contributed by atoms with van der Waals surface area (Å²) in [5.41, 5.74) is 6.46. The molecule has 74 valence electrons. The van der Waals surface area contributed by atoms with E-state index in [4.69, 9.17) is 10.8 Å². The summed E-state index contributed by atoms with van der Waals surface area (Å²) in [5.74, 6) is 0.578. The lowest BCUT2D eigenvalue weighted by molar-refractivity contribution is 0.274. The van der Waals surface area contributed by atoms with Crippen LogP contribution in [0.4, 0.5) is 0 Å². The number of nitrogens with zero attached hydrogens (tertiary/aromatic N) is 4. The fourth-order valence-electron chi connectivity index (χ4n) is 1.26. The second kappa shape index (κ2) is 3.69. The van der Waals surface area contributed by atoms with Crippen molar-refractivity contribution >= 4 is 5.65 Å². The zero-order valence-corrected chi connectivity index (χ0v) is 7.54. The molecule has 2 heterocycles. The molecule has 2 aromatic heterocycles. The highest BCUT2D eigenvalue weighted by Gasteiger charge is 2.13. The Hall–Kier alpha value is -1.53. The molecule has 1 atom stereocenters. The third-order valence-corrected chi connectivity index (χ3v) is 1.97. The number of rotatable bonds is 3. The highest BCUT2D eigenvalue weighted by Crippen LogP contribution is 2.10. The van der Waals surface area contributed by atoms with Gasteiger partial charge < -0.3 is 10.8 Å². The van der Waals surface area contributed by atoms with Gasteiger partial charge in [0.2, 0.25) is 0 Å². The van der Waals surface area contributed by atoms with Gasteiger partial charge in [-0.3, -0.25) is 0 Å². The van der Waals surface area contributed by atoms with Crippen LogP contribution in [-0.2, 0) is 0 Å². The molecule has 1 unspecified atom stereocenters. The number of aromatic nitrogens is 4. The molecule has 0 saturated heterocycles. The molecule has 0 fully saturated rings. The highest BCUT2D eigenvalue weighted by atomic mass is 16.3. The van der Waals surface area contributed by atoms with Gasteiger partial charge in [-0.25, -0.2) is 0 Å². The van der Waals surface area contributed by atoms with E-state index in [1.54, 1.807) is 22.8 Å². The minimum Gasteiger partial charge on any atom is -0.396 e. The Morgan fingerprint density at radius 3 is 3.14 bits per heavy atom. The number of aliphatic hydroxyl groups excluding tert-OH is 1. The van der Waals surface area contributed by atoms with E-state index in [0.717, 1.165) is 0 Å². The van der Waals surface area contributed by atoms with Crippen LogP contribution in [0.25, 0.3) is 5.65 Å². The summed E-state index contributed by atoms with van der Waals surface area (Å²) in [4.78, 5) is 0. The summed E-state index contributed by atoms with van der Waals surface area (Å²) in [5, 5.41) is 20.7. The van der Waals surface area contributed by atoms with Crippen LogP contribution in [-0.4, -0.2) is 31.5 Å². The van der Waals surface area contributed by atoms with E-state index >= 15 is 0 Å². The minimum absolute atomic E-state index is 0.0307. The average molecular weight is 193 g/mol. The molecule has 14 heavy (non-hydrogen) atoms. The molecular formula is C8H11N5O. The van der Waals surface area contributed by atoms with E-state index in [9.17, 15) is 0 Å². The topological polar surface area (TPSA) is 89.3 Å². The van der Waals surface area contributed by atoms with Gasteiger partial charge in [0.05, 0.1) is 6.04 Å². The van der Waals surface area contributed by atoms with E-state index in [0.29, 0.717) is 17.9 Å². The molecule has 3 N–H and O–H groups in total. The largest absolute Gasteiger partial charge is 0.396 e. The maximum absolute atomic E-state index is 8.75. The Morgan fingerprint density at radius 1 is 1.50 bits per heavy atom. The molecule has 6 heteroatoms. The van der Waals surface area contributed by atoms with Gasteiger partial charge in [0.15, 0.2) is 11.5 Å². The lowest BCUT2D eigenvalue weighted by Gasteiger charge is -2.05. The molecule has 0 spiro atoms. The van der Waals surface area contributed by atoms with Crippen LogP contribution in [0.1, 0.15) is 18.3 Å². The Morgan fingerprint density at radius 2 is 2.36 bits per heavy atom. The van der Waals surface area contributed by atoms with Crippen molar-refractivity contribution in [1.82, 2.24) is 19.8 Å². The van der Waals surface area contributed by atoms with Crippen LogP contribution in [0.15, 0.2) is 18.3 Å². The van der Waals surface area contributed by atoms with Crippen molar-refractivity contribution < 1.29 is 5.11 Å². The molecule has 0 saturated carbocycles. The van der Waals surface area contributed by atoms with E-state index in [-0.39, 0.29) is 12.6 Å². The van der Waals surface area contributed by atoms with E-state index < -0.39 is 0 Å². The van der Waals surface area contributed by atoms with E-state index in [1.165, 1.54) is 0 Å². The SMILES string of the molecule is NC(CCO)c1nnc2cccnn12. The van der Waals surface area contributed by atoms with E-state index in [2.05, 4.69) is 15.3 Å². The summed E-state index contributed by atoms with van der Waals surface area (Å²) in [7, 11) is 0. The lowest BCUT2D eigenvalue weighted by atomic mass is 10.2. The van der Waals surface area contributed by atoms with Crippen LogP contribution in [0.2, 0.25) is 0 Å². The number of hydrogen-bond donors (Lipinski definition) is 2. The van der Waals surface area contributed by atoms with Gasteiger partial charge in [0.1, 0.15) is 0 Å². The lowest BCUT2D eigenvalue weighted by Crippen LogP contribution is -2.16. The third kappa shape index (κ3) is 1.45. The maximum atomic E-state index is 8.75. The van der Waals surface area contributed by atoms with E-state index in [1.807, 2.05) is 0 Å². The number of fused-ring (bicyclic) bond motifs is 1. The Bertz CT molecular complexity index is 426. The van der Waals surface area contributed by atoms with Gasteiger partial charge >= 0.3 is 0 Å². The van der Waals surface area contributed by atoms with Crippen molar-refractivity contribution in [3.8, 4) is 0 Å². The van der Waals surface area contributed by atoms with Gasteiger partial charge in [-0.1, -0.05) is 0 Å². The fourth-order valence-corrected chi connectivity index (χ4v) is 1.26. The van der Waals surface area contributed by atoms with Gasteiger partial charge in [0, 0.05) is 12.8 Å². The maximum Gasteiger partial charge on any atom is 0.177 e. The quantitative estimate of drug-likeness (QED) is 0.686. The standard InChI is InChI=1S/C8H11N5O/c9-6(3-5-14)8-12-11-7-2-1-4-10-13(7)8/h1-2,4,6,14H,3,5,9H2. The first-order valence-corrected chi connectivity index (χ1v) is 4.35. The average Bonchev–Trinajstić information content (AvgIpc) is 2.61. The van der Waals surface area contributed by atoms with Crippen molar-refractivity contribution in [2.45, 2.75) is 12.5 Å². The first-order chi connectivity index (χ1) is 6.83. The smallest absolute Gasteiger partial charge is 0.177 e. The van der Waals surface area contributed by atoms with Gasteiger partial charge in [-0.2, -0.15) is 9.61 Å².